The molecular weight excluding hydrogens is 276 g/mol. The van der Waals surface area contributed by atoms with E-state index in [0.29, 0.717) is 19.2 Å². The highest BCUT2D eigenvalue weighted by molar-refractivity contribution is 5.80. The molecule has 1 N–H and O–H groups in total. The minimum atomic E-state index is -0.418. The van der Waals surface area contributed by atoms with E-state index in [1.807, 2.05) is 37.3 Å². The number of amides is 1. The van der Waals surface area contributed by atoms with E-state index in [2.05, 4.69) is 17.1 Å². The Bertz CT molecular complexity index is 450. The summed E-state index contributed by atoms with van der Waals surface area (Å²) in [5.41, 5.74) is 1.09. The minimum Gasteiger partial charge on any atom is -0.364 e. The van der Waals surface area contributed by atoms with Crippen LogP contribution >= 0.6 is 0 Å². The van der Waals surface area contributed by atoms with Gasteiger partial charge in [0.1, 0.15) is 6.10 Å². The first kappa shape index (κ1) is 17.0. The molecule has 2 atom stereocenters. The summed E-state index contributed by atoms with van der Waals surface area (Å²) in [6.07, 6.45) is 3.45. The first-order valence-electron chi connectivity index (χ1n) is 8.34. The second kappa shape index (κ2) is 8.91. The third-order valence-corrected chi connectivity index (χ3v) is 4.35. The van der Waals surface area contributed by atoms with E-state index < -0.39 is 6.10 Å². The van der Waals surface area contributed by atoms with Gasteiger partial charge in [-0.15, -0.1) is 0 Å². The smallest absolute Gasteiger partial charge is 0.248 e. The average molecular weight is 304 g/mol. The minimum absolute atomic E-state index is 0.0272. The van der Waals surface area contributed by atoms with Crippen LogP contribution in [0.25, 0.3) is 0 Å². The fraction of sp³-hybridized carbons (Fsp3) is 0.611. The van der Waals surface area contributed by atoms with Gasteiger partial charge in [-0.3, -0.25) is 9.69 Å². The lowest BCUT2D eigenvalue weighted by Gasteiger charge is -2.33. The average Bonchev–Trinajstić information content (AvgIpc) is 2.55. The van der Waals surface area contributed by atoms with Crippen molar-refractivity contribution in [3.63, 3.8) is 0 Å². The quantitative estimate of drug-likeness (QED) is 0.842. The number of nitrogens with zero attached hydrogens (tertiary/aromatic N) is 1. The highest BCUT2D eigenvalue weighted by Gasteiger charge is 2.18. The van der Waals surface area contributed by atoms with Gasteiger partial charge in [0.2, 0.25) is 5.91 Å². The van der Waals surface area contributed by atoms with Crippen LogP contribution in [0.1, 0.15) is 38.7 Å². The number of carbonyl (C=O) groups excluding carboxylic acids is 1. The summed E-state index contributed by atoms with van der Waals surface area (Å²) in [5.74, 6) is -0.0272. The van der Waals surface area contributed by atoms with E-state index in [1.54, 1.807) is 0 Å². The molecule has 4 heteroatoms. The summed E-state index contributed by atoms with van der Waals surface area (Å²) in [4.78, 5) is 14.5. The normalized spacial score (nSPS) is 20.5. The number of benzene rings is 1. The van der Waals surface area contributed by atoms with Crippen LogP contribution in [0.15, 0.2) is 30.3 Å². The van der Waals surface area contributed by atoms with E-state index >= 15 is 0 Å². The summed E-state index contributed by atoms with van der Waals surface area (Å²) >= 11 is 0. The Hall–Kier alpha value is -1.39. The zero-order valence-electron chi connectivity index (χ0n) is 13.8. The molecule has 0 bridgehead atoms. The Labute approximate surface area is 133 Å². The topological polar surface area (TPSA) is 41.6 Å². The molecule has 1 amide bonds. The monoisotopic (exact) mass is 304 g/mol. The van der Waals surface area contributed by atoms with Crippen molar-refractivity contribution in [3.05, 3.63) is 35.9 Å². The molecule has 1 aliphatic heterocycles. The number of ether oxygens (including phenoxy) is 1. The van der Waals surface area contributed by atoms with Crippen molar-refractivity contribution < 1.29 is 9.53 Å². The molecule has 1 aromatic carbocycles. The zero-order chi connectivity index (χ0) is 15.8. The summed E-state index contributed by atoms with van der Waals surface area (Å²) in [6.45, 7) is 7.32. The maximum absolute atomic E-state index is 12.0. The van der Waals surface area contributed by atoms with Gasteiger partial charge < -0.3 is 10.1 Å². The number of hydrogen-bond donors (Lipinski definition) is 1. The number of carbonyl (C=O) groups is 1. The number of piperidine rings is 1. The highest BCUT2D eigenvalue weighted by atomic mass is 16.5. The molecule has 2 rings (SSSR count). The van der Waals surface area contributed by atoms with Crippen molar-refractivity contribution in [1.82, 2.24) is 10.2 Å². The summed E-state index contributed by atoms with van der Waals surface area (Å²) in [7, 11) is 0. The van der Waals surface area contributed by atoms with Crippen molar-refractivity contribution in [2.45, 2.75) is 51.9 Å². The molecule has 1 fully saturated rings. The van der Waals surface area contributed by atoms with Gasteiger partial charge in [-0.05, 0) is 38.8 Å². The van der Waals surface area contributed by atoms with Crippen LogP contribution in [0.5, 0.6) is 0 Å². The largest absolute Gasteiger partial charge is 0.364 e. The van der Waals surface area contributed by atoms with Gasteiger partial charge >= 0.3 is 0 Å². The maximum Gasteiger partial charge on any atom is 0.248 e. The van der Waals surface area contributed by atoms with Crippen LogP contribution in [0.4, 0.5) is 0 Å². The van der Waals surface area contributed by atoms with E-state index in [-0.39, 0.29) is 5.91 Å². The van der Waals surface area contributed by atoms with Gasteiger partial charge in [-0.1, -0.05) is 36.8 Å². The van der Waals surface area contributed by atoms with Crippen LogP contribution in [-0.2, 0) is 16.1 Å². The molecule has 22 heavy (non-hydrogen) atoms. The van der Waals surface area contributed by atoms with Crippen LogP contribution in [0.3, 0.4) is 0 Å². The predicted molar refractivity (Wildman–Crippen MR) is 88.6 cm³/mol. The van der Waals surface area contributed by atoms with Gasteiger partial charge in [-0.25, -0.2) is 0 Å². The Kier molecular flexibility index (Phi) is 6.87. The van der Waals surface area contributed by atoms with Crippen molar-refractivity contribution in [1.29, 1.82) is 0 Å². The van der Waals surface area contributed by atoms with Gasteiger partial charge in [0.15, 0.2) is 0 Å². The van der Waals surface area contributed by atoms with Crippen molar-refractivity contribution in [2.75, 3.05) is 19.6 Å². The van der Waals surface area contributed by atoms with Crippen LogP contribution in [0.2, 0.25) is 0 Å². The SMILES string of the molecule is CC(OCc1ccccc1)C(=O)NCCN1CCCCC1C. The molecule has 0 saturated carbocycles. The van der Waals surface area contributed by atoms with Crippen LogP contribution in [-0.4, -0.2) is 42.6 Å². The molecule has 122 valence electrons. The molecule has 4 nitrogen and oxygen atoms in total. The van der Waals surface area contributed by atoms with E-state index in [0.717, 1.165) is 18.7 Å². The molecule has 0 spiro atoms. The molecule has 2 unspecified atom stereocenters. The standard InChI is InChI=1S/C18H28N2O2/c1-15-8-6-7-12-20(15)13-11-19-18(21)16(2)22-14-17-9-4-3-5-10-17/h3-5,9-10,15-16H,6-8,11-14H2,1-2H3,(H,19,21). The summed E-state index contributed by atoms with van der Waals surface area (Å²) < 4.78 is 5.63. The van der Waals surface area contributed by atoms with E-state index in [1.165, 1.54) is 19.3 Å². The van der Waals surface area contributed by atoms with Crippen LogP contribution < -0.4 is 5.32 Å². The lowest BCUT2D eigenvalue weighted by atomic mass is 10.0. The predicted octanol–water partition coefficient (Wildman–Crippen LogP) is 2.58. The summed E-state index contributed by atoms with van der Waals surface area (Å²) in [6, 6.07) is 10.6. The molecule has 0 aliphatic carbocycles. The fourth-order valence-electron chi connectivity index (χ4n) is 2.83. The fourth-order valence-corrected chi connectivity index (χ4v) is 2.83. The Balaban J connectivity index is 1.63. The van der Waals surface area contributed by atoms with E-state index in [4.69, 9.17) is 4.74 Å². The Morgan fingerprint density at radius 2 is 2.14 bits per heavy atom. The second-order valence-corrected chi connectivity index (χ2v) is 6.11. The number of likely N-dealkylation sites (tertiary alicyclic amines) is 1. The second-order valence-electron chi connectivity index (χ2n) is 6.11. The maximum atomic E-state index is 12.0. The molecule has 1 saturated heterocycles. The molecule has 0 radical (unpaired) electrons. The lowest BCUT2D eigenvalue weighted by Crippen LogP contribution is -2.44. The van der Waals surface area contributed by atoms with Gasteiger partial charge in [0, 0.05) is 19.1 Å². The van der Waals surface area contributed by atoms with Crippen molar-refractivity contribution >= 4 is 5.91 Å². The third-order valence-electron chi connectivity index (χ3n) is 4.35. The van der Waals surface area contributed by atoms with E-state index in [9.17, 15) is 4.79 Å². The lowest BCUT2D eigenvalue weighted by molar-refractivity contribution is -0.132. The molecule has 1 aliphatic rings. The van der Waals surface area contributed by atoms with Gasteiger partial charge in [0.25, 0.3) is 0 Å². The molecular formula is C18H28N2O2. The zero-order valence-corrected chi connectivity index (χ0v) is 13.8. The number of nitrogens with one attached hydrogen (secondary N) is 1. The highest BCUT2D eigenvalue weighted by Crippen LogP contribution is 2.15. The number of rotatable bonds is 7. The van der Waals surface area contributed by atoms with Gasteiger partial charge in [0.05, 0.1) is 6.61 Å². The van der Waals surface area contributed by atoms with Crippen molar-refractivity contribution in [3.8, 4) is 0 Å². The Morgan fingerprint density at radius 1 is 1.36 bits per heavy atom. The van der Waals surface area contributed by atoms with Gasteiger partial charge in [-0.2, -0.15) is 0 Å². The Morgan fingerprint density at radius 3 is 2.86 bits per heavy atom. The molecule has 1 aromatic rings. The third kappa shape index (κ3) is 5.43. The molecule has 1 heterocycles. The van der Waals surface area contributed by atoms with Crippen LogP contribution in [0, 0.1) is 0 Å². The summed E-state index contributed by atoms with van der Waals surface area (Å²) in [5, 5.41) is 2.98. The molecule has 0 aromatic heterocycles. The first-order chi connectivity index (χ1) is 10.7. The number of hydrogen-bond acceptors (Lipinski definition) is 3. The first-order valence-corrected chi connectivity index (χ1v) is 8.34. The van der Waals surface area contributed by atoms with Crippen molar-refractivity contribution in [2.24, 2.45) is 0 Å².